The average Bonchev–Trinajstić information content (AvgIpc) is 2.92. The molecular formula is C13H22N2OS. The van der Waals surface area contributed by atoms with Crippen molar-refractivity contribution in [2.45, 2.75) is 52.2 Å². The van der Waals surface area contributed by atoms with Crippen molar-refractivity contribution < 1.29 is 4.74 Å². The highest BCUT2D eigenvalue weighted by Gasteiger charge is 2.29. The Morgan fingerprint density at radius 1 is 1.53 bits per heavy atom. The van der Waals surface area contributed by atoms with Crippen molar-refractivity contribution in [3.8, 4) is 0 Å². The van der Waals surface area contributed by atoms with Crippen molar-refractivity contribution in [1.29, 1.82) is 0 Å². The third-order valence-corrected chi connectivity index (χ3v) is 4.42. The van der Waals surface area contributed by atoms with Gasteiger partial charge >= 0.3 is 0 Å². The second kappa shape index (κ2) is 5.94. The number of nitrogens with one attached hydrogen (secondary N) is 1. The minimum atomic E-state index is 0.287. The number of hydrogen-bond donors (Lipinski definition) is 1. The fourth-order valence-corrected chi connectivity index (χ4v) is 3.23. The van der Waals surface area contributed by atoms with Gasteiger partial charge in [-0.2, -0.15) is 0 Å². The Hall–Kier alpha value is -0.450. The molecule has 1 saturated heterocycles. The Balaban J connectivity index is 2.13. The van der Waals surface area contributed by atoms with E-state index in [9.17, 15) is 0 Å². The summed E-state index contributed by atoms with van der Waals surface area (Å²) in [5.41, 5.74) is 1.16. The van der Waals surface area contributed by atoms with E-state index in [2.05, 4.69) is 31.1 Å². The number of hydrogen-bond acceptors (Lipinski definition) is 4. The standard InChI is InChI=1S/C13H22N2OS/c1-4-7-14-12(11-6-5-8-16-11)13-15-9(2)10(3)17-13/h11-12,14H,4-8H2,1-3H3. The van der Waals surface area contributed by atoms with Crippen LogP contribution in [0, 0.1) is 13.8 Å². The second-order valence-electron chi connectivity index (χ2n) is 4.68. The minimum Gasteiger partial charge on any atom is -0.376 e. The van der Waals surface area contributed by atoms with Gasteiger partial charge in [-0.15, -0.1) is 11.3 Å². The lowest BCUT2D eigenvalue weighted by Crippen LogP contribution is -2.32. The van der Waals surface area contributed by atoms with E-state index in [0.717, 1.165) is 31.7 Å². The summed E-state index contributed by atoms with van der Waals surface area (Å²) in [6.45, 7) is 8.35. The highest BCUT2D eigenvalue weighted by Crippen LogP contribution is 2.30. The van der Waals surface area contributed by atoms with Crippen LogP contribution in [0.2, 0.25) is 0 Å². The van der Waals surface area contributed by atoms with Crippen LogP contribution in [0.25, 0.3) is 0 Å². The first kappa shape index (κ1) is 13.0. The largest absolute Gasteiger partial charge is 0.376 e. The van der Waals surface area contributed by atoms with Crippen molar-refractivity contribution in [3.63, 3.8) is 0 Å². The van der Waals surface area contributed by atoms with Crippen LogP contribution >= 0.6 is 11.3 Å². The first-order chi connectivity index (χ1) is 8.22. The fourth-order valence-electron chi connectivity index (χ4n) is 2.17. The van der Waals surface area contributed by atoms with Crippen LogP contribution in [0.1, 0.15) is 47.8 Å². The number of aryl methyl sites for hydroxylation is 2. The van der Waals surface area contributed by atoms with Gasteiger partial charge in [0.2, 0.25) is 0 Å². The third-order valence-electron chi connectivity index (χ3n) is 3.26. The molecule has 0 aliphatic carbocycles. The molecule has 1 aliphatic heterocycles. The summed E-state index contributed by atoms with van der Waals surface area (Å²) >= 11 is 1.81. The molecule has 2 rings (SSSR count). The lowest BCUT2D eigenvalue weighted by molar-refractivity contribution is 0.0782. The summed E-state index contributed by atoms with van der Waals surface area (Å²) in [4.78, 5) is 6.00. The Bertz CT molecular complexity index is 339. The van der Waals surface area contributed by atoms with Crippen molar-refractivity contribution in [2.24, 2.45) is 0 Å². The summed E-state index contributed by atoms with van der Waals surface area (Å²) in [7, 11) is 0. The molecule has 0 aromatic carbocycles. The molecule has 0 saturated carbocycles. The zero-order valence-electron chi connectivity index (χ0n) is 11.0. The number of aromatic nitrogens is 1. The van der Waals surface area contributed by atoms with Gasteiger partial charge in [0.15, 0.2) is 0 Å². The van der Waals surface area contributed by atoms with Gasteiger partial charge in [-0.1, -0.05) is 6.92 Å². The molecule has 0 radical (unpaired) electrons. The second-order valence-corrected chi connectivity index (χ2v) is 5.91. The van der Waals surface area contributed by atoms with Crippen molar-refractivity contribution in [1.82, 2.24) is 10.3 Å². The normalized spacial score (nSPS) is 21.9. The van der Waals surface area contributed by atoms with Crippen molar-refractivity contribution in [2.75, 3.05) is 13.2 Å². The predicted molar refractivity (Wildman–Crippen MR) is 71.6 cm³/mol. The van der Waals surface area contributed by atoms with Gasteiger partial charge in [0.1, 0.15) is 5.01 Å². The molecule has 2 unspecified atom stereocenters. The van der Waals surface area contributed by atoms with E-state index < -0.39 is 0 Å². The monoisotopic (exact) mass is 254 g/mol. The molecule has 0 amide bonds. The maximum atomic E-state index is 5.82. The Morgan fingerprint density at radius 2 is 2.35 bits per heavy atom. The Kier molecular flexibility index (Phi) is 4.54. The summed E-state index contributed by atoms with van der Waals surface area (Å²) < 4.78 is 5.82. The van der Waals surface area contributed by atoms with Gasteiger partial charge in [-0.05, 0) is 39.7 Å². The maximum Gasteiger partial charge on any atom is 0.113 e. The Labute approximate surface area is 108 Å². The quantitative estimate of drug-likeness (QED) is 0.877. The summed E-state index contributed by atoms with van der Waals surface area (Å²) in [6.07, 6.45) is 3.79. The number of thiazole rings is 1. The maximum absolute atomic E-state index is 5.82. The summed E-state index contributed by atoms with van der Waals surface area (Å²) in [5, 5.41) is 4.79. The zero-order valence-corrected chi connectivity index (χ0v) is 11.8. The van der Waals surface area contributed by atoms with E-state index in [1.54, 1.807) is 11.3 Å². The first-order valence-electron chi connectivity index (χ1n) is 6.51. The number of nitrogens with zero attached hydrogens (tertiary/aromatic N) is 1. The van der Waals surface area contributed by atoms with Crippen LogP contribution in [0.5, 0.6) is 0 Å². The Morgan fingerprint density at radius 3 is 2.88 bits per heavy atom. The van der Waals surface area contributed by atoms with Gasteiger partial charge in [-0.3, -0.25) is 0 Å². The lowest BCUT2D eigenvalue weighted by atomic mass is 10.1. The van der Waals surface area contributed by atoms with Crippen LogP contribution < -0.4 is 5.32 Å². The zero-order chi connectivity index (χ0) is 12.3. The van der Waals surface area contributed by atoms with Crippen molar-refractivity contribution in [3.05, 3.63) is 15.6 Å². The summed E-state index contributed by atoms with van der Waals surface area (Å²) in [5.74, 6) is 0. The van der Waals surface area contributed by atoms with Crippen LogP contribution in [0.3, 0.4) is 0 Å². The highest BCUT2D eigenvalue weighted by molar-refractivity contribution is 7.11. The lowest BCUT2D eigenvalue weighted by Gasteiger charge is -2.22. The average molecular weight is 254 g/mol. The molecular weight excluding hydrogens is 232 g/mol. The number of rotatable bonds is 5. The van der Waals surface area contributed by atoms with E-state index >= 15 is 0 Å². The molecule has 96 valence electrons. The third kappa shape index (κ3) is 3.06. The van der Waals surface area contributed by atoms with Gasteiger partial charge < -0.3 is 10.1 Å². The van der Waals surface area contributed by atoms with Gasteiger partial charge in [-0.25, -0.2) is 4.98 Å². The molecule has 1 fully saturated rings. The van der Waals surface area contributed by atoms with E-state index in [-0.39, 0.29) is 6.04 Å². The minimum absolute atomic E-state index is 0.287. The van der Waals surface area contributed by atoms with E-state index in [0.29, 0.717) is 6.10 Å². The van der Waals surface area contributed by atoms with E-state index in [1.165, 1.54) is 16.3 Å². The molecule has 0 bridgehead atoms. The fraction of sp³-hybridized carbons (Fsp3) is 0.769. The van der Waals surface area contributed by atoms with Crippen molar-refractivity contribution >= 4 is 11.3 Å². The molecule has 4 heteroatoms. The molecule has 3 nitrogen and oxygen atoms in total. The van der Waals surface area contributed by atoms with Crippen LogP contribution in [-0.2, 0) is 4.74 Å². The van der Waals surface area contributed by atoms with Crippen LogP contribution in [0.15, 0.2) is 0 Å². The summed E-state index contributed by atoms with van der Waals surface area (Å²) in [6, 6.07) is 0.287. The molecule has 1 aliphatic rings. The molecule has 2 atom stereocenters. The SMILES string of the molecule is CCCNC(c1nc(C)c(C)s1)C1CCCO1. The van der Waals surface area contributed by atoms with Gasteiger partial charge in [0.05, 0.1) is 17.8 Å². The van der Waals surface area contributed by atoms with Crippen LogP contribution in [0.4, 0.5) is 0 Å². The molecule has 17 heavy (non-hydrogen) atoms. The number of ether oxygens (including phenoxy) is 1. The molecule has 0 spiro atoms. The molecule has 2 heterocycles. The van der Waals surface area contributed by atoms with E-state index in [1.807, 2.05) is 0 Å². The van der Waals surface area contributed by atoms with Gasteiger partial charge in [0.25, 0.3) is 0 Å². The highest BCUT2D eigenvalue weighted by atomic mass is 32.1. The molecule has 1 aromatic rings. The smallest absolute Gasteiger partial charge is 0.113 e. The molecule has 1 aromatic heterocycles. The molecule has 1 N–H and O–H groups in total. The van der Waals surface area contributed by atoms with Crippen LogP contribution in [-0.4, -0.2) is 24.2 Å². The predicted octanol–water partition coefficient (Wildman–Crippen LogP) is 2.98. The van der Waals surface area contributed by atoms with E-state index in [4.69, 9.17) is 4.74 Å². The topological polar surface area (TPSA) is 34.2 Å². The first-order valence-corrected chi connectivity index (χ1v) is 7.33. The van der Waals surface area contributed by atoms with Gasteiger partial charge in [0, 0.05) is 11.5 Å².